The Kier molecular flexibility index (Phi) is 4.37. The molecule has 0 atom stereocenters. The van der Waals surface area contributed by atoms with Gasteiger partial charge in [-0.25, -0.2) is 15.0 Å². The minimum Gasteiger partial charge on any atom is -0.444 e. The van der Waals surface area contributed by atoms with Crippen LogP contribution in [0, 0.1) is 0 Å². The van der Waals surface area contributed by atoms with Gasteiger partial charge in [-0.3, -0.25) is 9.78 Å². The van der Waals surface area contributed by atoms with Crippen molar-refractivity contribution in [2.75, 3.05) is 5.32 Å². The normalized spacial score (nSPS) is 11.3. The Morgan fingerprint density at radius 1 is 1.28 bits per heavy atom. The van der Waals surface area contributed by atoms with Gasteiger partial charge in [0.05, 0.1) is 21.8 Å². The predicted octanol–water partition coefficient (Wildman–Crippen LogP) is 2.63. The summed E-state index contributed by atoms with van der Waals surface area (Å²) >= 11 is 6.21. The number of nitrogens with one attached hydrogen (secondary N) is 1. The molecule has 0 aromatic carbocycles. The Balaban J connectivity index is 1.80. The number of nitrogens with zero attached hydrogens (tertiary/aromatic N) is 4. The summed E-state index contributed by atoms with van der Waals surface area (Å²) in [6.45, 7) is 3.84. The number of hydrogen-bond donors (Lipinski definition) is 2. The molecule has 0 unspecified atom stereocenters. The number of primary amides is 1. The van der Waals surface area contributed by atoms with Gasteiger partial charge in [0.2, 0.25) is 11.8 Å². The number of carbonyl (C=O) groups is 1. The molecule has 1 amide bonds. The molecular formula is C16H15ClN6O2. The van der Waals surface area contributed by atoms with E-state index < -0.39 is 11.4 Å². The quantitative estimate of drug-likeness (QED) is 0.719. The van der Waals surface area contributed by atoms with E-state index in [-0.39, 0.29) is 11.6 Å². The molecule has 3 heterocycles. The zero-order chi connectivity index (χ0) is 18.0. The molecular weight excluding hydrogens is 344 g/mol. The Morgan fingerprint density at radius 3 is 2.60 bits per heavy atom. The van der Waals surface area contributed by atoms with Crippen LogP contribution in [0.4, 0.5) is 5.95 Å². The van der Waals surface area contributed by atoms with Gasteiger partial charge in [-0.15, -0.1) is 0 Å². The second-order valence-corrected chi connectivity index (χ2v) is 6.19. The van der Waals surface area contributed by atoms with E-state index in [1.807, 2.05) is 13.8 Å². The molecule has 25 heavy (non-hydrogen) atoms. The van der Waals surface area contributed by atoms with Crippen LogP contribution in [-0.4, -0.2) is 25.8 Å². The van der Waals surface area contributed by atoms with Crippen molar-refractivity contribution in [2.45, 2.75) is 19.4 Å². The van der Waals surface area contributed by atoms with Gasteiger partial charge in [-0.1, -0.05) is 11.6 Å². The first-order chi connectivity index (χ1) is 11.9. The van der Waals surface area contributed by atoms with Crippen LogP contribution in [0.15, 0.2) is 41.4 Å². The topological polar surface area (TPSA) is 120 Å². The summed E-state index contributed by atoms with van der Waals surface area (Å²) in [4.78, 5) is 27.8. The highest BCUT2D eigenvalue weighted by molar-refractivity contribution is 6.31. The van der Waals surface area contributed by atoms with E-state index >= 15 is 0 Å². The van der Waals surface area contributed by atoms with Crippen LogP contribution in [0.1, 0.15) is 30.0 Å². The van der Waals surface area contributed by atoms with Gasteiger partial charge in [0.1, 0.15) is 6.26 Å². The molecule has 8 nitrogen and oxygen atoms in total. The van der Waals surface area contributed by atoms with Crippen LogP contribution >= 0.6 is 11.6 Å². The molecule has 3 aromatic heterocycles. The van der Waals surface area contributed by atoms with E-state index in [9.17, 15) is 4.79 Å². The van der Waals surface area contributed by atoms with Crippen molar-refractivity contribution in [1.82, 2.24) is 19.9 Å². The average molecular weight is 359 g/mol. The van der Waals surface area contributed by atoms with Gasteiger partial charge in [0, 0.05) is 18.6 Å². The van der Waals surface area contributed by atoms with Crippen molar-refractivity contribution in [2.24, 2.45) is 5.73 Å². The van der Waals surface area contributed by atoms with Crippen molar-refractivity contribution >= 4 is 23.5 Å². The first kappa shape index (κ1) is 16.8. The van der Waals surface area contributed by atoms with Crippen molar-refractivity contribution < 1.29 is 9.21 Å². The maximum atomic E-state index is 11.1. The van der Waals surface area contributed by atoms with Crippen molar-refractivity contribution in [3.8, 4) is 11.5 Å². The number of rotatable bonds is 5. The van der Waals surface area contributed by atoms with Gasteiger partial charge in [0.25, 0.3) is 5.91 Å². The molecule has 0 fully saturated rings. The highest BCUT2D eigenvalue weighted by Crippen LogP contribution is 2.28. The number of carbonyl (C=O) groups excluding carboxylic acids is 1. The van der Waals surface area contributed by atoms with Crippen LogP contribution in [-0.2, 0) is 5.54 Å². The fraction of sp³-hybridized carbons (Fsp3) is 0.188. The fourth-order valence-electron chi connectivity index (χ4n) is 2.21. The number of pyridine rings is 1. The van der Waals surface area contributed by atoms with Crippen molar-refractivity contribution in [3.63, 3.8) is 0 Å². The number of oxazole rings is 1. The highest BCUT2D eigenvalue weighted by Gasteiger charge is 2.25. The molecule has 0 spiro atoms. The van der Waals surface area contributed by atoms with Crippen LogP contribution < -0.4 is 11.1 Å². The zero-order valence-corrected chi connectivity index (χ0v) is 14.3. The summed E-state index contributed by atoms with van der Waals surface area (Å²) in [7, 11) is 0. The number of hydrogen-bond acceptors (Lipinski definition) is 7. The Labute approximate surface area is 148 Å². The molecule has 9 heteroatoms. The Hall–Kier alpha value is -3.00. The minimum absolute atomic E-state index is 0.0446. The second-order valence-electron chi connectivity index (χ2n) is 5.78. The lowest BCUT2D eigenvalue weighted by Crippen LogP contribution is -2.30. The lowest BCUT2D eigenvalue weighted by molar-refractivity contribution is 0.0995. The monoisotopic (exact) mass is 358 g/mol. The second kappa shape index (κ2) is 6.48. The number of halogens is 1. The van der Waals surface area contributed by atoms with E-state index in [0.717, 1.165) is 0 Å². The third-order valence-electron chi connectivity index (χ3n) is 3.43. The SMILES string of the molecule is CC(C)(Nc1ncc(-c2nc(C(N)=O)co2)cn1)c1ncccc1Cl. The average Bonchev–Trinajstić information content (AvgIpc) is 3.06. The largest absolute Gasteiger partial charge is 0.444 e. The number of amides is 1. The molecule has 0 saturated heterocycles. The third kappa shape index (κ3) is 3.58. The van der Waals surface area contributed by atoms with E-state index in [1.165, 1.54) is 18.7 Å². The Morgan fingerprint density at radius 2 is 2.00 bits per heavy atom. The van der Waals surface area contributed by atoms with Gasteiger partial charge in [-0.2, -0.15) is 0 Å². The predicted molar refractivity (Wildman–Crippen MR) is 91.9 cm³/mol. The molecule has 3 N–H and O–H groups in total. The van der Waals surface area contributed by atoms with Gasteiger partial charge < -0.3 is 15.5 Å². The number of anilines is 1. The van der Waals surface area contributed by atoms with Crippen LogP contribution in [0.25, 0.3) is 11.5 Å². The fourth-order valence-corrected chi connectivity index (χ4v) is 2.56. The first-order valence-corrected chi connectivity index (χ1v) is 7.71. The lowest BCUT2D eigenvalue weighted by atomic mass is 10.00. The smallest absolute Gasteiger partial charge is 0.270 e. The van der Waals surface area contributed by atoms with E-state index in [2.05, 4.69) is 25.3 Å². The van der Waals surface area contributed by atoms with Gasteiger partial charge in [0.15, 0.2) is 5.69 Å². The maximum absolute atomic E-state index is 11.1. The van der Waals surface area contributed by atoms with Crippen molar-refractivity contribution in [1.29, 1.82) is 0 Å². The van der Waals surface area contributed by atoms with Crippen LogP contribution in [0.2, 0.25) is 5.02 Å². The number of nitrogens with two attached hydrogens (primary N) is 1. The highest BCUT2D eigenvalue weighted by atomic mass is 35.5. The maximum Gasteiger partial charge on any atom is 0.270 e. The van der Waals surface area contributed by atoms with E-state index in [1.54, 1.807) is 18.3 Å². The molecule has 128 valence electrons. The zero-order valence-electron chi connectivity index (χ0n) is 13.5. The van der Waals surface area contributed by atoms with E-state index in [4.69, 9.17) is 21.8 Å². The summed E-state index contributed by atoms with van der Waals surface area (Å²) in [6, 6.07) is 3.54. The molecule has 0 saturated carbocycles. The summed E-state index contributed by atoms with van der Waals surface area (Å²) in [6.07, 6.45) is 5.92. The van der Waals surface area contributed by atoms with E-state index in [0.29, 0.717) is 22.2 Å². The third-order valence-corrected chi connectivity index (χ3v) is 3.74. The molecule has 0 aliphatic rings. The lowest BCUT2D eigenvalue weighted by Gasteiger charge is -2.26. The molecule has 0 bridgehead atoms. The summed E-state index contributed by atoms with van der Waals surface area (Å²) in [5.41, 5.74) is 5.81. The van der Waals surface area contributed by atoms with Crippen LogP contribution in [0.3, 0.4) is 0 Å². The van der Waals surface area contributed by atoms with Crippen molar-refractivity contribution in [3.05, 3.63) is 53.4 Å². The molecule has 0 radical (unpaired) electrons. The van der Waals surface area contributed by atoms with Gasteiger partial charge in [-0.05, 0) is 26.0 Å². The molecule has 0 aliphatic carbocycles. The van der Waals surface area contributed by atoms with Gasteiger partial charge >= 0.3 is 0 Å². The minimum atomic E-state index is -0.664. The summed E-state index contributed by atoms with van der Waals surface area (Å²) < 4.78 is 5.20. The molecule has 3 rings (SSSR count). The summed E-state index contributed by atoms with van der Waals surface area (Å²) in [5.74, 6) is -0.0623. The first-order valence-electron chi connectivity index (χ1n) is 7.34. The number of aromatic nitrogens is 4. The Bertz CT molecular complexity index is 907. The standard InChI is InChI=1S/C16H15ClN6O2/c1-16(2,12-10(17)4-3-5-19-12)23-15-20-6-9(7-21-15)14-22-11(8-25-14)13(18)24/h3-8H,1-2H3,(H2,18,24)(H,20,21,23). The molecule has 3 aromatic rings. The van der Waals surface area contributed by atoms with Crippen LogP contribution in [0.5, 0.6) is 0 Å². The molecule has 0 aliphatic heterocycles. The summed E-state index contributed by atoms with van der Waals surface area (Å²) in [5, 5.41) is 3.73.